The first-order valence-corrected chi connectivity index (χ1v) is 8.03. The van der Waals surface area contributed by atoms with E-state index in [0.717, 1.165) is 5.56 Å². The van der Waals surface area contributed by atoms with Crippen molar-refractivity contribution in [1.82, 2.24) is 5.32 Å². The molecule has 2 aromatic rings. The fraction of sp³-hybridized carbons (Fsp3) is 0.200. The number of rotatable bonds is 6. The Bertz CT molecular complexity index is 782. The van der Waals surface area contributed by atoms with Crippen LogP contribution in [0.15, 0.2) is 54.6 Å². The number of para-hydroxylation sites is 2. The predicted molar refractivity (Wildman–Crippen MR) is 99.7 cm³/mol. The summed E-state index contributed by atoms with van der Waals surface area (Å²) in [5, 5.41) is 5.57. The van der Waals surface area contributed by atoms with Crippen LogP contribution in [0, 0.1) is 0 Å². The Hall–Kier alpha value is -3.08. The maximum absolute atomic E-state index is 12.2. The summed E-state index contributed by atoms with van der Waals surface area (Å²) in [5.74, 6) is 0.138. The number of hydrogen-bond acceptors (Lipinski definition) is 3. The second-order valence-electron chi connectivity index (χ2n) is 5.74. The molecule has 2 amide bonds. The summed E-state index contributed by atoms with van der Waals surface area (Å²) in [4.78, 5) is 24.4. The first-order chi connectivity index (χ1) is 12.0. The lowest BCUT2D eigenvalue weighted by Gasteiger charge is -2.12. The maximum Gasteiger partial charge on any atom is 0.253 e. The fourth-order valence-electron chi connectivity index (χ4n) is 2.27. The lowest BCUT2D eigenvalue weighted by molar-refractivity contribution is -0.111. The van der Waals surface area contributed by atoms with Gasteiger partial charge in [-0.2, -0.15) is 0 Å². The molecule has 130 valence electrons. The second kappa shape index (κ2) is 8.68. The summed E-state index contributed by atoms with van der Waals surface area (Å²) in [7, 11) is 1.58. The third-order valence-corrected chi connectivity index (χ3v) is 3.40. The summed E-state index contributed by atoms with van der Waals surface area (Å²) in [6, 6.07) is 14.3. The minimum absolute atomic E-state index is 0.0155. The van der Waals surface area contributed by atoms with E-state index in [9.17, 15) is 9.59 Å². The topological polar surface area (TPSA) is 67.4 Å². The highest BCUT2D eigenvalue weighted by Crippen LogP contribution is 2.19. The molecule has 5 nitrogen and oxygen atoms in total. The minimum Gasteiger partial charge on any atom is -0.496 e. The van der Waals surface area contributed by atoms with Gasteiger partial charge in [-0.3, -0.25) is 9.59 Å². The molecule has 0 saturated carbocycles. The van der Waals surface area contributed by atoms with Gasteiger partial charge >= 0.3 is 0 Å². The molecule has 0 spiro atoms. The highest BCUT2D eigenvalue weighted by Gasteiger charge is 2.12. The van der Waals surface area contributed by atoms with Crippen molar-refractivity contribution in [3.8, 4) is 5.75 Å². The number of hydrogen-bond donors (Lipinski definition) is 2. The summed E-state index contributed by atoms with van der Waals surface area (Å²) in [5.41, 5.74) is 1.69. The van der Waals surface area contributed by atoms with Crippen molar-refractivity contribution in [3.05, 3.63) is 65.7 Å². The highest BCUT2D eigenvalue weighted by atomic mass is 16.5. The molecule has 0 unspecified atom stereocenters. The largest absolute Gasteiger partial charge is 0.496 e. The average Bonchev–Trinajstić information content (AvgIpc) is 2.60. The van der Waals surface area contributed by atoms with Crippen LogP contribution in [-0.4, -0.2) is 25.0 Å². The van der Waals surface area contributed by atoms with Gasteiger partial charge in [-0.1, -0.05) is 30.3 Å². The molecule has 0 fully saturated rings. The second-order valence-corrected chi connectivity index (χ2v) is 5.74. The molecule has 5 heteroatoms. The number of benzene rings is 2. The SMILES string of the molecule is COc1ccccc1C=CC(=O)Nc1ccccc1C(=O)NC(C)C. The van der Waals surface area contributed by atoms with E-state index in [1.54, 1.807) is 37.5 Å². The highest BCUT2D eigenvalue weighted by molar-refractivity contribution is 6.07. The zero-order valence-electron chi connectivity index (χ0n) is 14.6. The van der Waals surface area contributed by atoms with E-state index in [0.29, 0.717) is 17.0 Å². The van der Waals surface area contributed by atoms with Crippen LogP contribution in [0.5, 0.6) is 5.75 Å². The van der Waals surface area contributed by atoms with Crippen LogP contribution >= 0.6 is 0 Å². The van der Waals surface area contributed by atoms with E-state index < -0.39 is 0 Å². The van der Waals surface area contributed by atoms with Crippen molar-refractivity contribution < 1.29 is 14.3 Å². The van der Waals surface area contributed by atoms with Crippen LogP contribution in [-0.2, 0) is 4.79 Å². The van der Waals surface area contributed by atoms with E-state index in [4.69, 9.17) is 4.74 Å². The Kier molecular flexibility index (Phi) is 6.34. The van der Waals surface area contributed by atoms with E-state index in [-0.39, 0.29) is 17.9 Å². The Labute approximate surface area is 147 Å². The Balaban J connectivity index is 2.13. The molecule has 0 aromatic heterocycles. The smallest absolute Gasteiger partial charge is 0.253 e. The molecule has 0 aliphatic rings. The Morgan fingerprint density at radius 3 is 2.44 bits per heavy atom. The van der Waals surface area contributed by atoms with Crippen molar-refractivity contribution in [2.75, 3.05) is 12.4 Å². The number of nitrogens with one attached hydrogen (secondary N) is 2. The van der Waals surface area contributed by atoms with Gasteiger partial charge in [0.15, 0.2) is 0 Å². The van der Waals surface area contributed by atoms with Gasteiger partial charge in [-0.25, -0.2) is 0 Å². The lowest BCUT2D eigenvalue weighted by Crippen LogP contribution is -2.30. The Morgan fingerprint density at radius 2 is 1.72 bits per heavy atom. The van der Waals surface area contributed by atoms with Crippen molar-refractivity contribution in [3.63, 3.8) is 0 Å². The van der Waals surface area contributed by atoms with Gasteiger partial charge in [-0.15, -0.1) is 0 Å². The lowest BCUT2D eigenvalue weighted by atomic mass is 10.1. The van der Waals surface area contributed by atoms with Gasteiger partial charge in [0.25, 0.3) is 5.91 Å². The molecular weight excluding hydrogens is 316 g/mol. The number of carbonyl (C=O) groups excluding carboxylic acids is 2. The Morgan fingerprint density at radius 1 is 1.04 bits per heavy atom. The van der Waals surface area contributed by atoms with Crippen LogP contribution in [0.3, 0.4) is 0 Å². The zero-order chi connectivity index (χ0) is 18.2. The summed E-state index contributed by atoms with van der Waals surface area (Å²) in [6.07, 6.45) is 3.08. The van der Waals surface area contributed by atoms with Crippen molar-refractivity contribution in [1.29, 1.82) is 0 Å². The molecule has 0 bridgehead atoms. The van der Waals surface area contributed by atoms with Gasteiger partial charge in [0.2, 0.25) is 5.91 Å². The van der Waals surface area contributed by atoms with E-state index >= 15 is 0 Å². The van der Waals surface area contributed by atoms with Gasteiger partial charge in [0, 0.05) is 17.7 Å². The summed E-state index contributed by atoms with van der Waals surface area (Å²) in [6.45, 7) is 3.77. The van der Waals surface area contributed by atoms with Crippen molar-refractivity contribution in [2.24, 2.45) is 0 Å². The minimum atomic E-state index is -0.323. The molecular formula is C20H22N2O3. The molecule has 0 atom stereocenters. The molecule has 2 N–H and O–H groups in total. The first-order valence-electron chi connectivity index (χ1n) is 8.03. The fourth-order valence-corrected chi connectivity index (χ4v) is 2.27. The molecule has 0 radical (unpaired) electrons. The third kappa shape index (κ3) is 5.21. The standard InChI is InChI=1S/C20H22N2O3/c1-14(2)21-20(24)16-9-5-6-10-17(16)22-19(23)13-12-15-8-4-7-11-18(15)25-3/h4-14H,1-3H3,(H,21,24)(H,22,23). The van der Waals surface area contributed by atoms with Crippen LogP contribution < -0.4 is 15.4 Å². The predicted octanol–water partition coefficient (Wildman–Crippen LogP) is 3.49. The maximum atomic E-state index is 12.2. The quantitative estimate of drug-likeness (QED) is 0.792. The number of carbonyl (C=O) groups is 2. The third-order valence-electron chi connectivity index (χ3n) is 3.40. The summed E-state index contributed by atoms with van der Waals surface area (Å²) >= 11 is 0. The van der Waals surface area contributed by atoms with Crippen molar-refractivity contribution in [2.45, 2.75) is 19.9 Å². The molecule has 0 aliphatic heterocycles. The van der Waals surface area contributed by atoms with E-state index in [1.165, 1.54) is 6.08 Å². The van der Waals surface area contributed by atoms with Crippen LogP contribution in [0.4, 0.5) is 5.69 Å². The normalized spacial score (nSPS) is 10.7. The van der Waals surface area contributed by atoms with Crippen LogP contribution in [0.2, 0.25) is 0 Å². The van der Waals surface area contributed by atoms with Crippen LogP contribution in [0.25, 0.3) is 6.08 Å². The van der Waals surface area contributed by atoms with Crippen molar-refractivity contribution >= 4 is 23.6 Å². The number of methoxy groups -OCH3 is 1. The molecule has 2 aromatic carbocycles. The molecule has 2 rings (SSSR count). The summed E-state index contributed by atoms with van der Waals surface area (Å²) < 4.78 is 5.25. The molecule has 0 heterocycles. The molecule has 0 aliphatic carbocycles. The zero-order valence-corrected chi connectivity index (χ0v) is 14.6. The molecule has 25 heavy (non-hydrogen) atoms. The van der Waals surface area contributed by atoms with Crippen LogP contribution in [0.1, 0.15) is 29.8 Å². The number of ether oxygens (including phenoxy) is 1. The monoisotopic (exact) mass is 338 g/mol. The van der Waals surface area contributed by atoms with Gasteiger partial charge in [0.05, 0.1) is 18.4 Å². The number of anilines is 1. The van der Waals surface area contributed by atoms with Gasteiger partial charge in [-0.05, 0) is 38.1 Å². The first kappa shape index (κ1) is 18.3. The average molecular weight is 338 g/mol. The van der Waals surface area contributed by atoms with E-state index in [1.807, 2.05) is 38.1 Å². The van der Waals surface area contributed by atoms with E-state index in [2.05, 4.69) is 10.6 Å². The molecule has 0 saturated heterocycles. The van der Waals surface area contributed by atoms with Gasteiger partial charge in [0.1, 0.15) is 5.75 Å². The number of amides is 2. The van der Waals surface area contributed by atoms with Gasteiger partial charge < -0.3 is 15.4 Å².